The van der Waals surface area contributed by atoms with Crippen molar-refractivity contribution in [3.05, 3.63) is 29.3 Å². The van der Waals surface area contributed by atoms with E-state index in [4.69, 9.17) is 0 Å². The monoisotopic (exact) mass is 233 g/mol. The Morgan fingerprint density at radius 2 is 2.18 bits per heavy atom. The van der Waals surface area contributed by atoms with Crippen LogP contribution in [-0.4, -0.2) is 18.6 Å². The maximum Gasteiger partial charge on any atom is 0.319 e. The van der Waals surface area contributed by atoms with Crippen LogP contribution < -0.4 is 16.0 Å². The van der Waals surface area contributed by atoms with E-state index in [1.54, 1.807) is 0 Å². The zero-order chi connectivity index (χ0) is 12.3. The van der Waals surface area contributed by atoms with Crippen LogP contribution in [0.4, 0.5) is 10.5 Å². The number of urea groups is 1. The Bertz CT molecular complexity index is 415. The van der Waals surface area contributed by atoms with E-state index >= 15 is 0 Å². The molecular weight excluding hydrogens is 214 g/mol. The second-order valence-electron chi connectivity index (χ2n) is 4.66. The van der Waals surface area contributed by atoms with Gasteiger partial charge in [-0.15, -0.1) is 0 Å². The summed E-state index contributed by atoms with van der Waals surface area (Å²) in [6, 6.07) is 6.10. The number of nitrogens with one attached hydrogen (secondary N) is 3. The number of hydrogen-bond acceptors (Lipinski definition) is 2. The van der Waals surface area contributed by atoms with Crippen molar-refractivity contribution >= 4 is 11.7 Å². The number of amides is 2. The van der Waals surface area contributed by atoms with Crippen molar-refractivity contribution in [2.45, 2.75) is 32.9 Å². The Balaban J connectivity index is 2.04. The standard InChI is InChI=1S/C13H19N3O/c1-9(2)15-13(17)16-12-4-3-10-5-6-14-8-11(10)7-12/h3-4,7,9,14H,5-6,8H2,1-2H3,(H2,15,16,17). The molecule has 0 bridgehead atoms. The summed E-state index contributed by atoms with van der Waals surface area (Å²) in [7, 11) is 0. The van der Waals surface area contributed by atoms with Gasteiger partial charge in [0, 0.05) is 18.3 Å². The van der Waals surface area contributed by atoms with Crippen LogP contribution in [0.1, 0.15) is 25.0 Å². The van der Waals surface area contributed by atoms with Gasteiger partial charge in [-0.1, -0.05) is 6.07 Å². The third-order valence-corrected chi connectivity index (χ3v) is 2.77. The van der Waals surface area contributed by atoms with Gasteiger partial charge in [0.05, 0.1) is 0 Å². The fourth-order valence-corrected chi connectivity index (χ4v) is 1.99. The minimum atomic E-state index is -0.149. The van der Waals surface area contributed by atoms with Crippen LogP contribution in [-0.2, 0) is 13.0 Å². The number of hydrogen-bond donors (Lipinski definition) is 3. The van der Waals surface area contributed by atoms with Gasteiger partial charge in [-0.3, -0.25) is 0 Å². The summed E-state index contributed by atoms with van der Waals surface area (Å²) in [6.07, 6.45) is 1.06. The van der Waals surface area contributed by atoms with Gasteiger partial charge in [0.1, 0.15) is 0 Å². The first kappa shape index (κ1) is 11.9. The highest BCUT2D eigenvalue weighted by molar-refractivity contribution is 5.89. The molecule has 1 aliphatic rings. The normalized spacial score (nSPS) is 14.3. The van der Waals surface area contributed by atoms with Crippen LogP contribution in [0, 0.1) is 0 Å². The lowest BCUT2D eigenvalue weighted by Gasteiger charge is -2.18. The van der Waals surface area contributed by atoms with Gasteiger partial charge < -0.3 is 16.0 Å². The summed E-state index contributed by atoms with van der Waals surface area (Å²) in [5, 5.41) is 8.98. The van der Waals surface area contributed by atoms with E-state index in [0.29, 0.717) is 0 Å². The molecule has 0 aromatic heterocycles. The van der Waals surface area contributed by atoms with Crippen LogP contribution in [0.5, 0.6) is 0 Å². The molecule has 0 radical (unpaired) electrons. The first-order valence-electron chi connectivity index (χ1n) is 6.05. The molecule has 0 saturated heterocycles. The molecule has 17 heavy (non-hydrogen) atoms. The zero-order valence-electron chi connectivity index (χ0n) is 10.3. The molecule has 0 fully saturated rings. The molecule has 3 N–H and O–H groups in total. The number of fused-ring (bicyclic) bond motifs is 1. The second-order valence-corrected chi connectivity index (χ2v) is 4.66. The summed E-state index contributed by atoms with van der Waals surface area (Å²) in [5.74, 6) is 0. The SMILES string of the molecule is CC(C)NC(=O)Nc1ccc2c(c1)CNCC2. The van der Waals surface area contributed by atoms with Crippen molar-refractivity contribution in [2.75, 3.05) is 11.9 Å². The van der Waals surface area contributed by atoms with Crippen LogP contribution in [0.3, 0.4) is 0 Å². The number of carbonyl (C=O) groups excluding carboxylic acids is 1. The fourth-order valence-electron chi connectivity index (χ4n) is 1.99. The second kappa shape index (κ2) is 5.19. The average Bonchev–Trinajstić information content (AvgIpc) is 2.27. The van der Waals surface area contributed by atoms with Gasteiger partial charge in [-0.05, 0) is 50.1 Å². The summed E-state index contributed by atoms with van der Waals surface area (Å²) >= 11 is 0. The van der Waals surface area contributed by atoms with Crippen LogP contribution in [0.15, 0.2) is 18.2 Å². The Morgan fingerprint density at radius 1 is 1.35 bits per heavy atom. The number of rotatable bonds is 2. The van der Waals surface area contributed by atoms with Gasteiger partial charge in [0.2, 0.25) is 0 Å². The Hall–Kier alpha value is -1.55. The quantitative estimate of drug-likeness (QED) is 0.730. The van der Waals surface area contributed by atoms with Crippen LogP contribution in [0.25, 0.3) is 0 Å². The first-order chi connectivity index (χ1) is 8.15. The van der Waals surface area contributed by atoms with Crippen LogP contribution >= 0.6 is 0 Å². The largest absolute Gasteiger partial charge is 0.336 e. The highest BCUT2D eigenvalue weighted by Gasteiger charge is 2.10. The molecule has 1 aromatic carbocycles. The van der Waals surface area contributed by atoms with Crippen molar-refractivity contribution in [1.82, 2.24) is 10.6 Å². The Labute approximate surface area is 102 Å². The predicted molar refractivity (Wildman–Crippen MR) is 69.1 cm³/mol. The highest BCUT2D eigenvalue weighted by atomic mass is 16.2. The molecule has 92 valence electrons. The van der Waals surface area contributed by atoms with Crippen molar-refractivity contribution in [1.29, 1.82) is 0 Å². The van der Waals surface area contributed by atoms with E-state index in [1.807, 2.05) is 26.0 Å². The molecular formula is C13H19N3O. The third kappa shape index (κ3) is 3.20. The van der Waals surface area contributed by atoms with Gasteiger partial charge in [-0.2, -0.15) is 0 Å². The topological polar surface area (TPSA) is 53.2 Å². The molecule has 0 aliphatic carbocycles. The molecule has 0 spiro atoms. The van der Waals surface area contributed by atoms with E-state index < -0.39 is 0 Å². The number of anilines is 1. The molecule has 1 aliphatic heterocycles. The van der Waals surface area contributed by atoms with E-state index in [2.05, 4.69) is 22.0 Å². The molecule has 0 atom stereocenters. The lowest BCUT2D eigenvalue weighted by Crippen LogP contribution is -2.34. The van der Waals surface area contributed by atoms with Crippen molar-refractivity contribution in [3.8, 4) is 0 Å². The van der Waals surface area contributed by atoms with E-state index in [1.165, 1.54) is 11.1 Å². The van der Waals surface area contributed by atoms with Crippen molar-refractivity contribution in [2.24, 2.45) is 0 Å². The van der Waals surface area contributed by atoms with Crippen LogP contribution in [0.2, 0.25) is 0 Å². The fraction of sp³-hybridized carbons (Fsp3) is 0.462. The molecule has 2 rings (SSSR count). The highest BCUT2D eigenvalue weighted by Crippen LogP contribution is 2.18. The maximum atomic E-state index is 11.6. The smallest absolute Gasteiger partial charge is 0.319 e. The van der Waals surface area contributed by atoms with Gasteiger partial charge in [0.15, 0.2) is 0 Å². The van der Waals surface area contributed by atoms with Crippen molar-refractivity contribution < 1.29 is 4.79 Å². The summed E-state index contributed by atoms with van der Waals surface area (Å²) in [6.45, 7) is 5.80. The number of benzene rings is 1. The molecule has 1 aromatic rings. The van der Waals surface area contributed by atoms with E-state index in [-0.39, 0.29) is 12.1 Å². The molecule has 2 amide bonds. The summed E-state index contributed by atoms with van der Waals surface area (Å²) < 4.78 is 0. The lowest BCUT2D eigenvalue weighted by molar-refractivity contribution is 0.250. The zero-order valence-corrected chi connectivity index (χ0v) is 10.3. The molecule has 4 nitrogen and oxygen atoms in total. The molecule has 0 saturated carbocycles. The molecule has 1 heterocycles. The summed E-state index contributed by atoms with van der Waals surface area (Å²) in [5.41, 5.74) is 3.50. The predicted octanol–water partition coefficient (Wildman–Crippen LogP) is 1.86. The maximum absolute atomic E-state index is 11.6. The lowest BCUT2D eigenvalue weighted by atomic mass is 10.0. The van der Waals surface area contributed by atoms with Gasteiger partial charge in [-0.25, -0.2) is 4.79 Å². The van der Waals surface area contributed by atoms with E-state index in [9.17, 15) is 4.79 Å². The minimum absolute atomic E-state index is 0.147. The average molecular weight is 233 g/mol. The van der Waals surface area contributed by atoms with Gasteiger partial charge >= 0.3 is 6.03 Å². The summed E-state index contributed by atoms with van der Waals surface area (Å²) in [4.78, 5) is 11.6. The van der Waals surface area contributed by atoms with E-state index in [0.717, 1.165) is 25.2 Å². The Morgan fingerprint density at radius 3 is 2.94 bits per heavy atom. The molecule has 4 heteroatoms. The van der Waals surface area contributed by atoms with Crippen molar-refractivity contribution in [3.63, 3.8) is 0 Å². The minimum Gasteiger partial charge on any atom is -0.336 e. The third-order valence-electron chi connectivity index (χ3n) is 2.77. The Kier molecular flexibility index (Phi) is 3.64. The molecule has 0 unspecified atom stereocenters. The number of carbonyl (C=O) groups is 1. The van der Waals surface area contributed by atoms with Gasteiger partial charge in [0.25, 0.3) is 0 Å². The first-order valence-corrected chi connectivity index (χ1v) is 6.05.